The van der Waals surface area contributed by atoms with Crippen molar-refractivity contribution in [3.05, 3.63) is 17.5 Å². The molecule has 1 N–H and O–H groups in total. The molecule has 1 heterocycles. The molecule has 0 radical (unpaired) electrons. The van der Waals surface area contributed by atoms with E-state index in [0.717, 1.165) is 11.3 Å². The fraction of sp³-hybridized carbons (Fsp3) is 0.700. The van der Waals surface area contributed by atoms with Crippen LogP contribution in [-0.4, -0.2) is 23.0 Å². The summed E-state index contributed by atoms with van der Waals surface area (Å²) in [6.45, 7) is 6.77. The largest absolute Gasteiger partial charge is 0.309 e. The fourth-order valence-corrected chi connectivity index (χ4v) is 1.10. The Morgan fingerprint density at radius 1 is 1.50 bits per heavy atom. The molecule has 0 spiro atoms. The molecule has 0 amide bonds. The lowest BCUT2D eigenvalue weighted by Crippen LogP contribution is -2.18. The van der Waals surface area contributed by atoms with Crippen LogP contribution in [0.1, 0.15) is 25.1 Å². The lowest BCUT2D eigenvalue weighted by atomic mass is 10.3. The molecule has 0 saturated carbocycles. The van der Waals surface area contributed by atoms with E-state index < -0.39 is 0 Å². The lowest BCUT2D eigenvalue weighted by molar-refractivity contribution is 0.462. The van der Waals surface area contributed by atoms with Crippen LogP contribution in [0.4, 0.5) is 4.39 Å². The summed E-state index contributed by atoms with van der Waals surface area (Å²) in [4.78, 5) is 0. The molecule has 3 nitrogen and oxygen atoms in total. The fourth-order valence-electron chi connectivity index (χ4n) is 1.10. The highest BCUT2D eigenvalue weighted by molar-refractivity contribution is 5.14. The summed E-state index contributed by atoms with van der Waals surface area (Å²) in [5.74, 6) is 0. The summed E-state index contributed by atoms with van der Waals surface area (Å²) in [5.41, 5.74) is 2.26. The Labute approximate surface area is 85.3 Å². The maximum absolute atomic E-state index is 11.7. The number of aryl methyl sites for hydroxylation is 2. The van der Waals surface area contributed by atoms with Crippen LogP contribution in [0.15, 0.2) is 6.20 Å². The van der Waals surface area contributed by atoms with Gasteiger partial charge in [0.2, 0.25) is 0 Å². The van der Waals surface area contributed by atoms with Crippen LogP contribution >= 0.6 is 0 Å². The smallest absolute Gasteiger partial charge is 0.102 e. The SMILES string of the molecule is CC.Cc1cnn(C)c1CNCCF. The third-order valence-electron chi connectivity index (χ3n) is 1.83. The quantitative estimate of drug-likeness (QED) is 0.753. The molecule has 0 aliphatic heterocycles. The molecule has 0 unspecified atom stereocenters. The molecule has 1 aromatic heterocycles. The van der Waals surface area contributed by atoms with Crippen LogP contribution in [0.2, 0.25) is 0 Å². The highest BCUT2D eigenvalue weighted by Crippen LogP contribution is 2.03. The van der Waals surface area contributed by atoms with Gasteiger partial charge in [0.1, 0.15) is 6.67 Å². The van der Waals surface area contributed by atoms with Crippen molar-refractivity contribution in [3.63, 3.8) is 0 Å². The van der Waals surface area contributed by atoms with Crippen LogP contribution < -0.4 is 5.32 Å². The Morgan fingerprint density at radius 2 is 2.14 bits per heavy atom. The normalized spacial score (nSPS) is 9.50. The highest BCUT2D eigenvalue weighted by atomic mass is 19.1. The van der Waals surface area contributed by atoms with Crippen molar-refractivity contribution in [3.8, 4) is 0 Å². The zero-order valence-corrected chi connectivity index (χ0v) is 9.47. The van der Waals surface area contributed by atoms with Crippen molar-refractivity contribution in [2.45, 2.75) is 27.3 Å². The molecule has 0 saturated heterocycles. The zero-order valence-electron chi connectivity index (χ0n) is 9.47. The molecular formula is C10H20FN3. The monoisotopic (exact) mass is 201 g/mol. The van der Waals surface area contributed by atoms with Crippen molar-refractivity contribution >= 4 is 0 Å². The van der Waals surface area contributed by atoms with E-state index in [2.05, 4.69) is 10.4 Å². The molecule has 1 rings (SSSR count). The lowest BCUT2D eigenvalue weighted by Gasteiger charge is -2.03. The third-order valence-corrected chi connectivity index (χ3v) is 1.83. The van der Waals surface area contributed by atoms with Crippen molar-refractivity contribution < 1.29 is 4.39 Å². The molecule has 14 heavy (non-hydrogen) atoms. The Kier molecular flexibility index (Phi) is 7.02. The average molecular weight is 201 g/mol. The Hall–Kier alpha value is -0.900. The first-order chi connectivity index (χ1) is 6.75. The number of hydrogen-bond donors (Lipinski definition) is 1. The Morgan fingerprint density at radius 3 is 2.57 bits per heavy atom. The van der Waals surface area contributed by atoms with Gasteiger partial charge in [-0.1, -0.05) is 13.8 Å². The number of rotatable bonds is 4. The van der Waals surface area contributed by atoms with E-state index in [0.29, 0.717) is 13.1 Å². The predicted octanol–water partition coefficient (Wildman–Crippen LogP) is 1.81. The average Bonchev–Trinajstić information content (AvgIpc) is 2.52. The Balaban J connectivity index is 0.000000791. The van der Waals surface area contributed by atoms with Crippen LogP contribution in [-0.2, 0) is 13.6 Å². The summed E-state index contributed by atoms with van der Waals surface area (Å²) in [7, 11) is 1.89. The van der Waals surface area contributed by atoms with Crippen molar-refractivity contribution in [2.75, 3.05) is 13.2 Å². The van der Waals surface area contributed by atoms with E-state index in [1.165, 1.54) is 0 Å². The number of hydrogen-bond acceptors (Lipinski definition) is 2. The van der Waals surface area contributed by atoms with Gasteiger partial charge in [-0.2, -0.15) is 5.10 Å². The molecule has 0 aromatic carbocycles. The summed E-state index contributed by atoms with van der Waals surface area (Å²) in [5, 5.41) is 7.06. The van der Waals surface area contributed by atoms with E-state index >= 15 is 0 Å². The highest BCUT2D eigenvalue weighted by Gasteiger charge is 2.02. The van der Waals surface area contributed by atoms with Gasteiger partial charge < -0.3 is 5.32 Å². The minimum atomic E-state index is -0.323. The van der Waals surface area contributed by atoms with Gasteiger partial charge in [-0.15, -0.1) is 0 Å². The molecule has 4 heteroatoms. The van der Waals surface area contributed by atoms with Crippen LogP contribution in [0, 0.1) is 6.92 Å². The van der Waals surface area contributed by atoms with Gasteiger partial charge in [-0.25, -0.2) is 4.39 Å². The number of aromatic nitrogens is 2. The minimum Gasteiger partial charge on any atom is -0.309 e. The minimum absolute atomic E-state index is 0.323. The van der Waals surface area contributed by atoms with E-state index in [4.69, 9.17) is 0 Å². The summed E-state index contributed by atoms with van der Waals surface area (Å²) in [6.07, 6.45) is 1.81. The number of nitrogens with one attached hydrogen (secondary N) is 1. The number of nitrogens with zero attached hydrogens (tertiary/aromatic N) is 2. The molecule has 0 fully saturated rings. The van der Waals surface area contributed by atoms with Crippen molar-refractivity contribution in [1.29, 1.82) is 0 Å². The second-order valence-corrected chi connectivity index (χ2v) is 2.76. The van der Waals surface area contributed by atoms with Crippen LogP contribution in [0.3, 0.4) is 0 Å². The van der Waals surface area contributed by atoms with Gasteiger partial charge in [-0.05, 0) is 12.5 Å². The molecule has 0 aliphatic rings. The first-order valence-electron chi connectivity index (χ1n) is 5.00. The van der Waals surface area contributed by atoms with E-state index in [1.54, 1.807) is 4.68 Å². The molecular weight excluding hydrogens is 181 g/mol. The maximum atomic E-state index is 11.7. The molecule has 82 valence electrons. The van der Waals surface area contributed by atoms with Gasteiger partial charge >= 0.3 is 0 Å². The standard InChI is InChI=1S/C8H14FN3.C2H6/c1-7-5-11-12(2)8(7)6-10-4-3-9;1-2/h5,10H,3-4,6H2,1-2H3;1-2H3. The van der Waals surface area contributed by atoms with Crippen LogP contribution in [0.25, 0.3) is 0 Å². The summed E-state index contributed by atoms with van der Waals surface area (Å²) in [6, 6.07) is 0. The van der Waals surface area contributed by atoms with Gasteiger partial charge in [-0.3, -0.25) is 4.68 Å². The molecule has 0 atom stereocenters. The summed E-state index contributed by atoms with van der Waals surface area (Å²) >= 11 is 0. The van der Waals surface area contributed by atoms with Crippen molar-refractivity contribution in [1.82, 2.24) is 15.1 Å². The zero-order chi connectivity index (χ0) is 11.0. The first-order valence-corrected chi connectivity index (χ1v) is 5.00. The predicted molar refractivity (Wildman–Crippen MR) is 57.0 cm³/mol. The van der Waals surface area contributed by atoms with Gasteiger partial charge in [0.05, 0.1) is 11.9 Å². The molecule has 0 bridgehead atoms. The second kappa shape index (κ2) is 7.50. The van der Waals surface area contributed by atoms with Crippen LogP contribution in [0.5, 0.6) is 0 Å². The maximum Gasteiger partial charge on any atom is 0.102 e. The van der Waals surface area contributed by atoms with E-state index in [1.807, 2.05) is 34.0 Å². The first kappa shape index (κ1) is 13.1. The van der Waals surface area contributed by atoms with E-state index in [-0.39, 0.29) is 6.67 Å². The number of halogens is 1. The van der Waals surface area contributed by atoms with E-state index in [9.17, 15) is 4.39 Å². The Bertz CT molecular complexity index is 226. The molecule has 0 aliphatic carbocycles. The van der Waals surface area contributed by atoms with Gasteiger partial charge in [0.15, 0.2) is 0 Å². The third kappa shape index (κ3) is 3.87. The summed E-state index contributed by atoms with van der Waals surface area (Å²) < 4.78 is 13.5. The van der Waals surface area contributed by atoms with Gasteiger partial charge in [0, 0.05) is 20.1 Å². The van der Waals surface area contributed by atoms with Gasteiger partial charge in [0.25, 0.3) is 0 Å². The second-order valence-electron chi connectivity index (χ2n) is 2.76. The van der Waals surface area contributed by atoms with Crippen molar-refractivity contribution in [2.24, 2.45) is 7.05 Å². The molecule has 1 aromatic rings. The topological polar surface area (TPSA) is 29.9 Å². The number of alkyl halides is 1.